The number of hydrogen-bond acceptors (Lipinski definition) is 4. The molecule has 0 unspecified atom stereocenters. The highest BCUT2D eigenvalue weighted by Gasteiger charge is 2.30. The number of carbonyl (C=O) groups excluding carboxylic acids is 1. The summed E-state index contributed by atoms with van der Waals surface area (Å²) >= 11 is 0. The van der Waals surface area contributed by atoms with Crippen molar-refractivity contribution in [2.75, 3.05) is 6.54 Å². The van der Waals surface area contributed by atoms with Crippen LogP contribution in [0.5, 0.6) is 0 Å². The van der Waals surface area contributed by atoms with Crippen molar-refractivity contribution in [2.45, 2.75) is 85.0 Å². The second kappa shape index (κ2) is 9.06. The fraction of sp³-hybridized carbons (Fsp3) is 0.778. The number of hydrogen-bond donors (Lipinski definition) is 2. The van der Waals surface area contributed by atoms with Crippen LogP contribution in [-0.2, 0) is 17.8 Å². The van der Waals surface area contributed by atoms with Crippen molar-refractivity contribution in [3.63, 3.8) is 0 Å². The van der Waals surface area contributed by atoms with Gasteiger partial charge in [0, 0.05) is 25.5 Å². The summed E-state index contributed by atoms with van der Waals surface area (Å²) in [4.78, 5) is 16.5. The third-order valence-corrected chi connectivity index (χ3v) is 4.13. The number of alkyl carbamates (subject to hydrolysis) is 1. The average Bonchev–Trinajstić information content (AvgIpc) is 2.92. The third kappa shape index (κ3) is 6.51. The SMILES string of the molecule is CCCn1ccnc1CNCC(CC)(CC)NC(=O)OC(C)(C)C. The van der Waals surface area contributed by atoms with Crippen LogP contribution in [0.3, 0.4) is 0 Å². The first-order valence-corrected chi connectivity index (χ1v) is 8.97. The number of amides is 1. The second-order valence-electron chi connectivity index (χ2n) is 7.25. The molecule has 0 fully saturated rings. The van der Waals surface area contributed by atoms with Crippen molar-refractivity contribution in [3.05, 3.63) is 18.2 Å². The fourth-order valence-corrected chi connectivity index (χ4v) is 2.61. The lowest BCUT2D eigenvalue weighted by molar-refractivity contribution is 0.0445. The molecule has 2 N–H and O–H groups in total. The second-order valence-corrected chi connectivity index (χ2v) is 7.25. The van der Waals surface area contributed by atoms with Crippen LogP contribution in [0.25, 0.3) is 0 Å². The molecule has 0 aliphatic carbocycles. The highest BCUT2D eigenvalue weighted by molar-refractivity contribution is 5.68. The first kappa shape index (κ1) is 20.5. The van der Waals surface area contributed by atoms with E-state index in [9.17, 15) is 4.79 Å². The Kier molecular flexibility index (Phi) is 7.73. The van der Waals surface area contributed by atoms with Gasteiger partial charge in [-0.05, 0) is 40.0 Å². The van der Waals surface area contributed by atoms with Crippen molar-refractivity contribution in [2.24, 2.45) is 0 Å². The van der Waals surface area contributed by atoms with Crippen LogP contribution in [0.1, 0.15) is 66.6 Å². The lowest BCUT2D eigenvalue weighted by Crippen LogP contribution is -2.55. The van der Waals surface area contributed by atoms with Gasteiger partial charge in [-0.2, -0.15) is 0 Å². The number of rotatable bonds is 9. The van der Waals surface area contributed by atoms with E-state index in [4.69, 9.17) is 4.74 Å². The van der Waals surface area contributed by atoms with Gasteiger partial charge in [0.1, 0.15) is 11.4 Å². The molecule has 1 aromatic rings. The van der Waals surface area contributed by atoms with Crippen molar-refractivity contribution < 1.29 is 9.53 Å². The maximum absolute atomic E-state index is 12.1. The zero-order valence-electron chi connectivity index (χ0n) is 16.1. The number of imidazole rings is 1. The summed E-state index contributed by atoms with van der Waals surface area (Å²) in [6.45, 7) is 14.3. The summed E-state index contributed by atoms with van der Waals surface area (Å²) in [6, 6.07) is 0. The number of aryl methyl sites for hydroxylation is 1. The summed E-state index contributed by atoms with van der Waals surface area (Å²) in [5.74, 6) is 1.02. The Morgan fingerprint density at radius 3 is 2.46 bits per heavy atom. The standard InChI is InChI=1S/C18H34N4O2/c1-7-11-22-12-10-20-15(22)13-19-14-18(8-2,9-3)21-16(23)24-17(4,5)6/h10,12,19H,7-9,11,13-14H2,1-6H3,(H,21,23). The van der Waals surface area contributed by atoms with E-state index >= 15 is 0 Å². The van der Waals surface area contributed by atoms with Gasteiger partial charge in [-0.3, -0.25) is 0 Å². The Hall–Kier alpha value is -1.56. The number of ether oxygens (including phenoxy) is 1. The molecule has 6 nitrogen and oxygen atoms in total. The Balaban J connectivity index is 2.61. The molecule has 138 valence electrons. The lowest BCUT2D eigenvalue weighted by Gasteiger charge is -2.34. The van der Waals surface area contributed by atoms with Crippen LogP contribution in [0.15, 0.2) is 12.4 Å². The van der Waals surface area contributed by atoms with E-state index in [0.29, 0.717) is 13.1 Å². The third-order valence-electron chi connectivity index (χ3n) is 4.13. The number of nitrogens with zero attached hydrogens (tertiary/aromatic N) is 2. The molecular weight excluding hydrogens is 304 g/mol. The van der Waals surface area contributed by atoms with Crippen LogP contribution in [0, 0.1) is 0 Å². The maximum atomic E-state index is 12.1. The maximum Gasteiger partial charge on any atom is 0.408 e. The normalized spacial score (nSPS) is 12.2. The van der Waals surface area contributed by atoms with E-state index in [-0.39, 0.29) is 11.6 Å². The summed E-state index contributed by atoms with van der Waals surface area (Å²) in [7, 11) is 0. The predicted octanol–water partition coefficient (Wildman–Crippen LogP) is 3.47. The van der Waals surface area contributed by atoms with Crippen molar-refractivity contribution >= 4 is 6.09 Å². The Bertz CT molecular complexity index is 501. The molecule has 0 saturated carbocycles. The van der Waals surface area contributed by atoms with Gasteiger partial charge >= 0.3 is 6.09 Å². The monoisotopic (exact) mass is 338 g/mol. The zero-order chi connectivity index (χ0) is 18.2. The van der Waals surface area contributed by atoms with Gasteiger partial charge in [0.15, 0.2) is 0 Å². The summed E-state index contributed by atoms with van der Waals surface area (Å²) in [5, 5.41) is 6.50. The first-order valence-electron chi connectivity index (χ1n) is 8.97. The molecule has 0 saturated heterocycles. The number of carbonyl (C=O) groups is 1. The molecule has 1 aromatic heterocycles. The minimum Gasteiger partial charge on any atom is -0.444 e. The molecule has 1 rings (SSSR count). The zero-order valence-corrected chi connectivity index (χ0v) is 16.1. The van der Waals surface area contributed by atoms with Crippen LogP contribution in [0.4, 0.5) is 4.79 Å². The van der Waals surface area contributed by atoms with E-state index in [1.807, 2.05) is 33.2 Å². The van der Waals surface area contributed by atoms with Crippen molar-refractivity contribution in [1.82, 2.24) is 20.2 Å². The van der Waals surface area contributed by atoms with E-state index in [0.717, 1.165) is 31.6 Å². The van der Waals surface area contributed by atoms with Crippen molar-refractivity contribution in [3.8, 4) is 0 Å². The molecule has 0 aliphatic heterocycles. The van der Waals surface area contributed by atoms with Gasteiger partial charge in [0.05, 0.1) is 12.1 Å². The minimum absolute atomic E-state index is 0.315. The van der Waals surface area contributed by atoms with Crippen molar-refractivity contribution in [1.29, 1.82) is 0 Å². The molecule has 0 bridgehead atoms. The molecule has 24 heavy (non-hydrogen) atoms. The molecule has 0 atom stereocenters. The molecule has 0 aromatic carbocycles. The first-order chi connectivity index (χ1) is 11.2. The van der Waals surface area contributed by atoms with Gasteiger partial charge in [-0.1, -0.05) is 20.8 Å². The van der Waals surface area contributed by atoms with Crippen LogP contribution in [0.2, 0.25) is 0 Å². The van der Waals surface area contributed by atoms with E-state index in [1.165, 1.54) is 0 Å². The fourth-order valence-electron chi connectivity index (χ4n) is 2.61. The lowest BCUT2D eigenvalue weighted by atomic mass is 9.93. The Morgan fingerprint density at radius 1 is 1.25 bits per heavy atom. The molecule has 1 heterocycles. The molecule has 6 heteroatoms. The predicted molar refractivity (Wildman–Crippen MR) is 96.9 cm³/mol. The van der Waals surface area contributed by atoms with Gasteiger partial charge in [-0.25, -0.2) is 9.78 Å². The number of nitrogens with one attached hydrogen (secondary N) is 2. The van der Waals surface area contributed by atoms with Crippen LogP contribution < -0.4 is 10.6 Å². The topological polar surface area (TPSA) is 68.2 Å². The van der Waals surface area contributed by atoms with Crippen LogP contribution >= 0.6 is 0 Å². The molecule has 0 aliphatic rings. The number of aromatic nitrogens is 2. The van der Waals surface area contributed by atoms with Crippen LogP contribution in [-0.4, -0.2) is 33.3 Å². The Labute approximate surface area is 146 Å². The largest absolute Gasteiger partial charge is 0.444 e. The molecule has 1 amide bonds. The highest BCUT2D eigenvalue weighted by atomic mass is 16.6. The van der Waals surface area contributed by atoms with Gasteiger partial charge in [-0.15, -0.1) is 0 Å². The quantitative estimate of drug-likeness (QED) is 0.723. The Morgan fingerprint density at radius 2 is 1.92 bits per heavy atom. The molecule has 0 spiro atoms. The van der Waals surface area contributed by atoms with Gasteiger partial charge < -0.3 is 19.9 Å². The van der Waals surface area contributed by atoms with Gasteiger partial charge in [0.2, 0.25) is 0 Å². The molecule has 0 radical (unpaired) electrons. The average molecular weight is 338 g/mol. The van der Waals surface area contributed by atoms with E-state index < -0.39 is 5.60 Å². The van der Waals surface area contributed by atoms with Gasteiger partial charge in [0.25, 0.3) is 0 Å². The van der Waals surface area contributed by atoms with E-state index in [2.05, 4.69) is 41.0 Å². The van der Waals surface area contributed by atoms with E-state index in [1.54, 1.807) is 0 Å². The summed E-state index contributed by atoms with van der Waals surface area (Å²) < 4.78 is 7.57. The summed E-state index contributed by atoms with van der Waals surface area (Å²) in [6.07, 6.45) is 6.22. The minimum atomic E-state index is -0.490. The highest BCUT2D eigenvalue weighted by Crippen LogP contribution is 2.16. The smallest absolute Gasteiger partial charge is 0.408 e. The molecular formula is C18H34N4O2. The summed E-state index contributed by atoms with van der Waals surface area (Å²) in [5.41, 5.74) is -0.805.